The van der Waals surface area contributed by atoms with E-state index in [9.17, 15) is 10.1 Å². The molecule has 0 aliphatic heterocycles. The topological polar surface area (TPSA) is 125 Å². The van der Waals surface area contributed by atoms with Crippen molar-refractivity contribution in [3.05, 3.63) is 34.4 Å². The Labute approximate surface area is 102 Å². The van der Waals surface area contributed by atoms with Crippen LogP contribution < -0.4 is 11.1 Å². The van der Waals surface area contributed by atoms with Gasteiger partial charge in [-0.05, 0) is 0 Å². The summed E-state index contributed by atoms with van der Waals surface area (Å²) in [5.74, 6) is -0.0694. The molecular weight excluding hydrogens is 238 g/mol. The first-order valence-electron chi connectivity index (χ1n) is 5.04. The molecule has 9 nitrogen and oxygen atoms in total. The molecule has 0 bridgehead atoms. The average Bonchev–Trinajstić information content (AvgIpc) is 2.72. The van der Waals surface area contributed by atoms with Gasteiger partial charge in [0.1, 0.15) is 6.33 Å². The highest BCUT2D eigenvalue weighted by molar-refractivity contribution is 5.67. The van der Waals surface area contributed by atoms with Gasteiger partial charge in [-0.1, -0.05) is 0 Å². The van der Waals surface area contributed by atoms with Crippen LogP contribution in [0.25, 0.3) is 0 Å². The van der Waals surface area contributed by atoms with Crippen LogP contribution in [-0.4, -0.2) is 24.7 Å². The highest BCUT2D eigenvalue weighted by Crippen LogP contribution is 2.26. The number of rotatable bonds is 4. The van der Waals surface area contributed by atoms with Crippen LogP contribution in [0, 0.1) is 10.1 Å². The summed E-state index contributed by atoms with van der Waals surface area (Å²) in [5, 5.41) is 17.7. The number of nitrogen functional groups attached to an aromatic ring is 1. The van der Waals surface area contributed by atoms with Crippen molar-refractivity contribution >= 4 is 17.3 Å². The lowest BCUT2D eigenvalue weighted by Gasteiger charge is -2.05. The molecule has 0 saturated carbocycles. The second kappa shape index (κ2) is 4.65. The maximum absolute atomic E-state index is 10.8. The van der Waals surface area contributed by atoms with Crippen LogP contribution in [0.1, 0.15) is 5.56 Å². The first kappa shape index (κ1) is 11.8. The normalized spacial score (nSPS) is 10.3. The van der Waals surface area contributed by atoms with Crippen molar-refractivity contribution in [1.29, 1.82) is 0 Å². The number of nitrogens with zero attached hydrogens (tertiary/aromatic N) is 5. The largest absolute Gasteiger partial charge is 0.378 e. The van der Waals surface area contributed by atoms with Gasteiger partial charge >= 0.3 is 5.69 Å². The maximum atomic E-state index is 10.8. The second-order valence-corrected chi connectivity index (χ2v) is 3.59. The van der Waals surface area contributed by atoms with Crippen molar-refractivity contribution in [3.63, 3.8) is 0 Å². The summed E-state index contributed by atoms with van der Waals surface area (Å²) in [7, 11) is 1.79. The Bertz CT molecular complexity index is 580. The minimum atomic E-state index is -0.610. The van der Waals surface area contributed by atoms with Gasteiger partial charge in [-0.15, -0.1) is 0 Å². The van der Waals surface area contributed by atoms with E-state index in [1.165, 1.54) is 6.33 Å². The molecule has 18 heavy (non-hydrogen) atoms. The highest BCUT2D eigenvalue weighted by atomic mass is 16.6. The van der Waals surface area contributed by atoms with Crippen LogP contribution in [0.3, 0.4) is 0 Å². The Hall–Kier alpha value is -2.71. The van der Waals surface area contributed by atoms with Crippen molar-refractivity contribution < 1.29 is 4.92 Å². The van der Waals surface area contributed by atoms with Crippen LogP contribution in [-0.2, 0) is 13.6 Å². The predicted octanol–water partition coefficient (Wildman–Crippen LogP) is 0.313. The third-order valence-corrected chi connectivity index (χ3v) is 2.25. The predicted molar refractivity (Wildman–Crippen MR) is 63.6 cm³/mol. The molecule has 2 heterocycles. The molecule has 0 unspecified atom stereocenters. The summed E-state index contributed by atoms with van der Waals surface area (Å²) in [6, 6.07) is 0. The van der Waals surface area contributed by atoms with Crippen LogP contribution in [0.4, 0.5) is 17.3 Å². The van der Waals surface area contributed by atoms with Crippen LogP contribution in [0.15, 0.2) is 18.7 Å². The minimum absolute atomic E-state index is 0.0938. The molecule has 2 aromatic heterocycles. The van der Waals surface area contributed by atoms with Gasteiger partial charge < -0.3 is 11.1 Å². The van der Waals surface area contributed by atoms with E-state index in [-0.39, 0.29) is 17.3 Å². The molecule has 2 aromatic rings. The van der Waals surface area contributed by atoms with Crippen LogP contribution >= 0.6 is 0 Å². The standard InChI is InChI=1S/C9H11N7O2/c1-15-4-6(3-14-15)2-11-9-7(16(17)18)8(10)12-5-13-9/h3-5H,2H2,1H3,(H3,10,11,12,13). The summed E-state index contributed by atoms with van der Waals surface area (Å²) >= 11 is 0. The number of hydrogen-bond donors (Lipinski definition) is 2. The summed E-state index contributed by atoms with van der Waals surface area (Å²) in [5.41, 5.74) is 6.01. The Balaban J connectivity index is 2.19. The van der Waals surface area contributed by atoms with E-state index < -0.39 is 4.92 Å². The smallest absolute Gasteiger partial charge is 0.352 e. The second-order valence-electron chi connectivity index (χ2n) is 3.59. The van der Waals surface area contributed by atoms with E-state index in [1.807, 2.05) is 0 Å². The van der Waals surface area contributed by atoms with Gasteiger partial charge in [-0.3, -0.25) is 14.8 Å². The molecule has 0 aromatic carbocycles. The molecule has 0 fully saturated rings. The zero-order valence-electron chi connectivity index (χ0n) is 9.57. The van der Waals surface area contributed by atoms with Gasteiger partial charge in [0.25, 0.3) is 0 Å². The van der Waals surface area contributed by atoms with Crippen molar-refractivity contribution in [2.75, 3.05) is 11.1 Å². The van der Waals surface area contributed by atoms with Crippen LogP contribution in [0.2, 0.25) is 0 Å². The summed E-state index contributed by atoms with van der Waals surface area (Å²) in [6.07, 6.45) is 4.63. The fourth-order valence-corrected chi connectivity index (χ4v) is 1.45. The Morgan fingerprint density at radius 2 is 2.33 bits per heavy atom. The maximum Gasteiger partial charge on any atom is 0.352 e. The van der Waals surface area contributed by atoms with E-state index in [1.54, 1.807) is 24.1 Å². The molecule has 0 saturated heterocycles. The van der Waals surface area contributed by atoms with E-state index in [0.717, 1.165) is 5.56 Å². The molecule has 2 rings (SSSR count). The van der Waals surface area contributed by atoms with E-state index in [0.29, 0.717) is 6.54 Å². The zero-order chi connectivity index (χ0) is 13.1. The number of hydrogen-bond acceptors (Lipinski definition) is 7. The molecule has 9 heteroatoms. The number of nitro groups is 1. The number of aryl methyl sites for hydroxylation is 1. The monoisotopic (exact) mass is 249 g/mol. The highest BCUT2D eigenvalue weighted by Gasteiger charge is 2.20. The molecule has 94 valence electrons. The van der Waals surface area contributed by atoms with Gasteiger partial charge in [-0.2, -0.15) is 5.10 Å². The van der Waals surface area contributed by atoms with E-state index >= 15 is 0 Å². The summed E-state index contributed by atoms with van der Waals surface area (Å²) in [4.78, 5) is 17.6. The van der Waals surface area contributed by atoms with Crippen LogP contribution in [0.5, 0.6) is 0 Å². The molecule has 0 radical (unpaired) electrons. The van der Waals surface area contributed by atoms with Gasteiger partial charge in [-0.25, -0.2) is 9.97 Å². The van der Waals surface area contributed by atoms with Crippen molar-refractivity contribution in [3.8, 4) is 0 Å². The number of nitrogens with one attached hydrogen (secondary N) is 1. The Morgan fingerprint density at radius 1 is 1.56 bits per heavy atom. The Morgan fingerprint density at radius 3 is 2.94 bits per heavy atom. The molecule has 0 aliphatic rings. The molecule has 3 N–H and O–H groups in total. The third-order valence-electron chi connectivity index (χ3n) is 2.25. The molecular formula is C9H11N7O2. The van der Waals surface area contributed by atoms with E-state index in [2.05, 4.69) is 20.4 Å². The lowest BCUT2D eigenvalue weighted by molar-refractivity contribution is -0.383. The fraction of sp³-hybridized carbons (Fsp3) is 0.222. The molecule has 0 aliphatic carbocycles. The van der Waals surface area contributed by atoms with Gasteiger partial charge in [0, 0.05) is 25.4 Å². The number of nitrogens with two attached hydrogens (primary N) is 1. The minimum Gasteiger partial charge on any atom is -0.378 e. The lowest BCUT2D eigenvalue weighted by atomic mass is 10.3. The first-order valence-corrected chi connectivity index (χ1v) is 5.04. The van der Waals surface area contributed by atoms with Gasteiger partial charge in [0.15, 0.2) is 0 Å². The SMILES string of the molecule is Cn1cc(CNc2ncnc(N)c2[N+](=O)[O-])cn1. The average molecular weight is 249 g/mol. The summed E-state index contributed by atoms with van der Waals surface area (Å²) in [6.45, 7) is 0.366. The van der Waals surface area contributed by atoms with Crippen molar-refractivity contribution in [2.24, 2.45) is 7.05 Å². The Kier molecular flexibility index (Phi) is 3.04. The summed E-state index contributed by atoms with van der Waals surface area (Å²) < 4.78 is 1.64. The van der Waals surface area contributed by atoms with Crippen molar-refractivity contribution in [2.45, 2.75) is 6.54 Å². The molecule has 0 spiro atoms. The quantitative estimate of drug-likeness (QED) is 0.590. The van der Waals surface area contributed by atoms with Gasteiger partial charge in [0.05, 0.1) is 11.1 Å². The zero-order valence-corrected chi connectivity index (χ0v) is 9.57. The number of anilines is 2. The van der Waals surface area contributed by atoms with Crippen molar-refractivity contribution in [1.82, 2.24) is 19.7 Å². The van der Waals surface area contributed by atoms with Gasteiger partial charge in [0.2, 0.25) is 11.6 Å². The lowest BCUT2D eigenvalue weighted by Crippen LogP contribution is -2.07. The molecule has 0 atom stereocenters. The fourth-order valence-electron chi connectivity index (χ4n) is 1.45. The number of aromatic nitrogens is 4. The first-order chi connectivity index (χ1) is 8.58. The molecule has 0 amide bonds. The third kappa shape index (κ3) is 2.34. The van der Waals surface area contributed by atoms with E-state index in [4.69, 9.17) is 5.73 Å².